The monoisotopic (exact) mass is 326 g/mol. The lowest BCUT2D eigenvalue weighted by atomic mass is 9.86. The minimum absolute atomic E-state index is 0.122. The zero-order valence-electron chi connectivity index (χ0n) is 13.4. The second-order valence-corrected chi connectivity index (χ2v) is 6.49. The molecule has 2 N–H and O–H groups in total. The van der Waals surface area contributed by atoms with Gasteiger partial charge in [-0.25, -0.2) is 8.78 Å². The van der Waals surface area contributed by atoms with E-state index >= 15 is 0 Å². The van der Waals surface area contributed by atoms with E-state index in [4.69, 9.17) is 9.84 Å². The molecule has 2 fully saturated rings. The molecule has 0 aromatic heterocycles. The van der Waals surface area contributed by atoms with Crippen molar-refractivity contribution in [3.63, 3.8) is 0 Å². The molecule has 1 aliphatic heterocycles. The first-order valence-electron chi connectivity index (χ1n) is 8.35. The Labute approximate surface area is 135 Å². The molecule has 0 amide bonds. The van der Waals surface area contributed by atoms with E-state index in [-0.39, 0.29) is 25.3 Å². The van der Waals surface area contributed by atoms with Crippen LogP contribution in [0.5, 0.6) is 5.75 Å². The van der Waals surface area contributed by atoms with E-state index in [0.717, 1.165) is 25.8 Å². The van der Waals surface area contributed by atoms with Gasteiger partial charge in [0.25, 0.3) is 0 Å². The first-order valence-corrected chi connectivity index (χ1v) is 8.35. The van der Waals surface area contributed by atoms with Crippen LogP contribution in [0.25, 0.3) is 0 Å². The average Bonchev–Trinajstić information content (AvgIpc) is 2.53. The standard InChI is InChI=1S/C17H24F2N2O2/c1-11-10-21(16-5-3-2-4-15(16)20-11)12-8-13(18)17(14(19)9-12)23-7-6-22/h8-9,11,15-16,20,22H,2-7,10H2,1H3/t11-,15+,16+/m1/s1. The number of aliphatic hydroxyl groups is 1. The second kappa shape index (κ2) is 7.01. The summed E-state index contributed by atoms with van der Waals surface area (Å²) < 4.78 is 33.4. The van der Waals surface area contributed by atoms with Crippen LogP contribution in [0.15, 0.2) is 12.1 Å². The maximum Gasteiger partial charge on any atom is 0.190 e. The van der Waals surface area contributed by atoms with E-state index in [0.29, 0.717) is 11.7 Å². The van der Waals surface area contributed by atoms with Gasteiger partial charge in [0, 0.05) is 42.5 Å². The van der Waals surface area contributed by atoms with Crippen LogP contribution in [-0.4, -0.2) is 43.0 Å². The Morgan fingerprint density at radius 1 is 1.26 bits per heavy atom. The predicted molar refractivity (Wildman–Crippen MR) is 84.9 cm³/mol. The van der Waals surface area contributed by atoms with Gasteiger partial charge < -0.3 is 20.1 Å². The molecule has 1 aliphatic carbocycles. The summed E-state index contributed by atoms with van der Waals surface area (Å²) in [5.74, 6) is -1.84. The number of nitrogens with one attached hydrogen (secondary N) is 1. The van der Waals surface area contributed by atoms with Gasteiger partial charge in [0.05, 0.1) is 6.61 Å². The van der Waals surface area contributed by atoms with Gasteiger partial charge in [-0.05, 0) is 19.8 Å². The van der Waals surface area contributed by atoms with Gasteiger partial charge in [0.2, 0.25) is 0 Å². The molecule has 1 heterocycles. The van der Waals surface area contributed by atoms with E-state index in [1.165, 1.54) is 18.6 Å². The minimum Gasteiger partial charge on any atom is -0.485 e. The zero-order chi connectivity index (χ0) is 16.4. The maximum absolute atomic E-state index is 14.2. The average molecular weight is 326 g/mol. The van der Waals surface area contributed by atoms with E-state index < -0.39 is 17.4 Å². The van der Waals surface area contributed by atoms with E-state index in [2.05, 4.69) is 17.1 Å². The molecule has 0 spiro atoms. The van der Waals surface area contributed by atoms with Crippen LogP contribution < -0.4 is 15.0 Å². The van der Waals surface area contributed by atoms with Gasteiger partial charge in [-0.3, -0.25) is 0 Å². The molecule has 0 bridgehead atoms. The lowest BCUT2D eigenvalue weighted by Crippen LogP contribution is -2.62. The van der Waals surface area contributed by atoms with E-state index in [1.54, 1.807) is 0 Å². The summed E-state index contributed by atoms with van der Waals surface area (Å²) in [5.41, 5.74) is 0.571. The van der Waals surface area contributed by atoms with E-state index in [9.17, 15) is 8.78 Å². The first kappa shape index (κ1) is 16.5. The van der Waals surface area contributed by atoms with Gasteiger partial charge in [-0.2, -0.15) is 0 Å². The fourth-order valence-electron chi connectivity index (χ4n) is 3.82. The van der Waals surface area contributed by atoms with Crippen LogP contribution in [0.2, 0.25) is 0 Å². The minimum atomic E-state index is -0.716. The molecule has 6 heteroatoms. The molecule has 3 rings (SSSR count). The van der Waals surface area contributed by atoms with Crippen molar-refractivity contribution < 1.29 is 18.6 Å². The van der Waals surface area contributed by atoms with Crippen molar-refractivity contribution in [2.24, 2.45) is 0 Å². The Morgan fingerprint density at radius 2 is 1.96 bits per heavy atom. The van der Waals surface area contributed by atoms with Crippen molar-refractivity contribution in [3.8, 4) is 5.75 Å². The highest BCUT2D eigenvalue weighted by Crippen LogP contribution is 2.34. The fourth-order valence-corrected chi connectivity index (χ4v) is 3.82. The number of hydrogen-bond donors (Lipinski definition) is 2. The van der Waals surface area contributed by atoms with E-state index in [1.807, 2.05) is 0 Å². The quantitative estimate of drug-likeness (QED) is 0.892. The summed E-state index contributed by atoms with van der Waals surface area (Å²) in [6.07, 6.45) is 4.49. The number of aliphatic hydroxyl groups excluding tert-OH is 1. The molecule has 3 atom stereocenters. The molecule has 23 heavy (non-hydrogen) atoms. The number of hydrogen-bond acceptors (Lipinski definition) is 4. The van der Waals surface area contributed by atoms with Crippen molar-refractivity contribution in [2.75, 3.05) is 24.7 Å². The summed E-state index contributed by atoms with van der Waals surface area (Å²) in [4.78, 5) is 2.13. The lowest BCUT2D eigenvalue weighted by Gasteiger charge is -2.48. The number of piperazine rings is 1. The predicted octanol–water partition coefficient (Wildman–Crippen LogP) is 2.45. The lowest BCUT2D eigenvalue weighted by molar-refractivity contribution is 0.191. The molecule has 2 aliphatic rings. The zero-order valence-corrected chi connectivity index (χ0v) is 13.4. The fraction of sp³-hybridized carbons (Fsp3) is 0.647. The van der Waals surface area contributed by atoms with Crippen molar-refractivity contribution in [3.05, 3.63) is 23.8 Å². The van der Waals surface area contributed by atoms with Crippen LogP contribution in [0, 0.1) is 11.6 Å². The third-order valence-electron chi connectivity index (χ3n) is 4.75. The molecule has 0 radical (unpaired) electrons. The number of rotatable bonds is 4. The molecule has 1 saturated heterocycles. The van der Waals surface area contributed by atoms with Crippen molar-refractivity contribution >= 4 is 5.69 Å². The van der Waals surface area contributed by atoms with Gasteiger partial charge in [0.1, 0.15) is 6.61 Å². The topological polar surface area (TPSA) is 44.7 Å². The van der Waals surface area contributed by atoms with Crippen molar-refractivity contribution in [1.82, 2.24) is 5.32 Å². The number of nitrogens with zero attached hydrogens (tertiary/aromatic N) is 1. The highest BCUT2D eigenvalue weighted by molar-refractivity contribution is 5.52. The van der Waals surface area contributed by atoms with Gasteiger partial charge in [0.15, 0.2) is 17.4 Å². The van der Waals surface area contributed by atoms with Crippen LogP contribution in [0.1, 0.15) is 32.6 Å². The molecule has 1 aromatic carbocycles. The summed E-state index contributed by atoms with van der Waals surface area (Å²) >= 11 is 0. The summed E-state index contributed by atoms with van der Waals surface area (Å²) in [6, 6.07) is 3.64. The smallest absolute Gasteiger partial charge is 0.190 e. The third-order valence-corrected chi connectivity index (χ3v) is 4.75. The Balaban J connectivity index is 1.87. The molecular formula is C17H24F2N2O2. The van der Waals surface area contributed by atoms with Gasteiger partial charge in [-0.1, -0.05) is 12.8 Å². The van der Waals surface area contributed by atoms with Crippen molar-refractivity contribution in [2.45, 2.75) is 50.7 Å². The Morgan fingerprint density at radius 3 is 2.65 bits per heavy atom. The molecule has 128 valence electrons. The second-order valence-electron chi connectivity index (χ2n) is 6.49. The largest absolute Gasteiger partial charge is 0.485 e. The number of halogens is 2. The number of fused-ring (bicyclic) bond motifs is 1. The Hall–Kier alpha value is -1.40. The molecular weight excluding hydrogens is 302 g/mol. The molecule has 1 aromatic rings. The number of anilines is 1. The van der Waals surface area contributed by atoms with Crippen LogP contribution >= 0.6 is 0 Å². The van der Waals surface area contributed by atoms with Crippen LogP contribution in [0.4, 0.5) is 14.5 Å². The Kier molecular flexibility index (Phi) is 5.02. The Bertz CT molecular complexity index is 532. The number of benzene rings is 1. The SMILES string of the molecule is C[C@@H]1CN(c2cc(F)c(OCCO)c(F)c2)[C@H]2CCCC[C@@H]2N1. The number of ether oxygens (including phenoxy) is 1. The van der Waals surface area contributed by atoms with Gasteiger partial charge in [-0.15, -0.1) is 0 Å². The normalized spacial score (nSPS) is 27.7. The highest BCUT2D eigenvalue weighted by Gasteiger charge is 2.36. The van der Waals surface area contributed by atoms with Crippen LogP contribution in [0.3, 0.4) is 0 Å². The first-order chi connectivity index (χ1) is 11.1. The molecule has 0 unspecified atom stereocenters. The summed E-state index contributed by atoms with van der Waals surface area (Å²) in [6.45, 7) is 2.43. The van der Waals surface area contributed by atoms with Crippen LogP contribution in [-0.2, 0) is 0 Å². The highest BCUT2D eigenvalue weighted by atomic mass is 19.1. The molecule has 4 nitrogen and oxygen atoms in total. The molecule has 1 saturated carbocycles. The summed E-state index contributed by atoms with van der Waals surface area (Å²) in [5, 5.41) is 12.3. The maximum atomic E-state index is 14.2. The van der Waals surface area contributed by atoms with Gasteiger partial charge >= 0.3 is 0 Å². The third kappa shape index (κ3) is 3.43. The van der Waals surface area contributed by atoms with Crippen molar-refractivity contribution in [1.29, 1.82) is 0 Å². The summed E-state index contributed by atoms with van der Waals surface area (Å²) in [7, 11) is 0.